The van der Waals surface area contributed by atoms with E-state index in [4.69, 9.17) is 9.47 Å². The van der Waals surface area contributed by atoms with E-state index in [0.29, 0.717) is 0 Å². The topological polar surface area (TPSA) is 87.5 Å². The van der Waals surface area contributed by atoms with E-state index in [2.05, 4.69) is 4.98 Å². The van der Waals surface area contributed by atoms with E-state index in [1.807, 2.05) is 0 Å². The van der Waals surface area contributed by atoms with Gasteiger partial charge in [-0.2, -0.15) is 0 Å². The van der Waals surface area contributed by atoms with Gasteiger partial charge in [-0.05, 0) is 55.5 Å². The van der Waals surface area contributed by atoms with Crippen LogP contribution in [0.25, 0.3) is 22.2 Å². The lowest BCUT2D eigenvalue weighted by atomic mass is 10.1. The Morgan fingerprint density at radius 1 is 1.06 bits per heavy atom. The van der Waals surface area contributed by atoms with Crippen LogP contribution in [0.5, 0.6) is 5.75 Å². The minimum absolute atomic E-state index is 0.0133. The number of benzene rings is 2. The lowest BCUT2D eigenvalue weighted by Crippen LogP contribution is -2.20. The van der Waals surface area contributed by atoms with Gasteiger partial charge in [-0.1, -0.05) is 0 Å². The van der Waals surface area contributed by atoms with Crippen LogP contribution in [0.3, 0.4) is 0 Å². The van der Waals surface area contributed by atoms with Crippen molar-refractivity contribution >= 4 is 23.0 Å². The van der Waals surface area contributed by atoms with Gasteiger partial charge in [0.15, 0.2) is 17.0 Å². The van der Waals surface area contributed by atoms with E-state index in [1.165, 1.54) is 42.7 Å². The molecular formula is C24H16F2N2O5. The third kappa shape index (κ3) is 4.33. The molecule has 0 atom stereocenters. The molecular weight excluding hydrogens is 434 g/mol. The largest absolute Gasteiger partial charge is 0.449 e. The predicted octanol–water partition coefficient (Wildman–Crippen LogP) is 4.57. The van der Waals surface area contributed by atoms with E-state index in [1.54, 1.807) is 6.92 Å². The molecule has 2 heterocycles. The zero-order valence-corrected chi connectivity index (χ0v) is 17.2. The second kappa shape index (κ2) is 8.99. The summed E-state index contributed by atoms with van der Waals surface area (Å²) in [5.74, 6) is -2.74. The maximum absolute atomic E-state index is 14.8. The summed E-state index contributed by atoms with van der Waals surface area (Å²) < 4.78 is 39.9. The molecule has 0 N–H and O–H groups in total. The number of halogens is 2. The fourth-order valence-electron chi connectivity index (χ4n) is 3.28. The Morgan fingerprint density at radius 2 is 1.88 bits per heavy atom. The fraction of sp³-hybridized carbons (Fsp3) is 0.0833. The summed E-state index contributed by atoms with van der Waals surface area (Å²) >= 11 is 0. The molecule has 0 aliphatic rings. The first kappa shape index (κ1) is 21.8. The molecule has 0 aliphatic heterocycles. The monoisotopic (exact) mass is 450 g/mol. The maximum Gasteiger partial charge on any atom is 0.418 e. The Hall–Kier alpha value is -4.40. The molecule has 0 saturated carbocycles. The van der Waals surface area contributed by atoms with E-state index < -0.39 is 29.1 Å². The van der Waals surface area contributed by atoms with Crippen molar-refractivity contribution in [1.29, 1.82) is 0 Å². The first-order valence-corrected chi connectivity index (χ1v) is 9.83. The van der Waals surface area contributed by atoms with Crippen LogP contribution in [0.2, 0.25) is 0 Å². The third-order valence-electron chi connectivity index (χ3n) is 4.75. The fourth-order valence-corrected chi connectivity index (χ4v) is 3.28. The highest BCUT2D eigenvalue weighted by Gasteiger charge is 2.20. The molecule has 2 aromatic heterocycles. The van der Waals surface area contributed by atoms with Gasteiger partial charge in [0.05, 0.1) is 23.4 Å². The minimum Gasteiger partial charge on any atom is -0.449 e. The lowest BCUT2D eigenvalue weighted by Gasteiger charge is -2.16. The van der Waals surface area contributed by atoms with Crippen LogP contribution in [0, 0.1) is 11.6 Å². The van der Waals surface area contributed by atoms with Gasteiger partial charge in [0, 0.05) is 29.4 Å². The Morgan fingerprint density at radius 3 is 2.58 bits per heavy atom. The van der Waals surface area contributed by atoms with Crippen molar-refractivity contribution in [3.05, 3.63) is 94.4 Å². The maximum atomic E-state index is 14.8. The number of pyridine rings is 2. The Labute approximate surface area is 185 Å². The number of aromatic nitrogens is 2. The van der Waals surface area contributed by atoms with Crippen molar-refractivity contribution in [2.24, 2.45) is 0 Å². The number of ether oxygens (including phenoxy) is 2. The third-order valence-corrected chi connectivity index (χ3v) is 4.75. The predicted molar refractivity (Wildman–Crippen MR) is 115 cm³/mol. The zero-order valence-electron chi connectivity index (χ0n) is 17.2. The summed E-state index contributed by atoms with van der Waals surface area (Å²) in [4.78, 5) is 41.3. The van der Waals surface area contributed by atoms with Crippen molar-refractivity contribution in [1.82, 2.24) is 9.55 Å². The Bertz CT molecular complexity index is 1430. The van der Waals surface area contributed by atoms with Crippen LogP contribution < -0.4 is 10.2 Å². The van der Waals surface area contributed by atoms with Gasteiger partial charge < -0.3 is 9.47 Å². The van der Waals surface area contributed by atoms with Gasteiger partial charge in [0.25, 0.3) is 0 Å². The number of carbonyl (C=O) groups is 2. The van der Waals surface area contributed by atoms with Crippen LogP contribution in [0.4, 0.5) is 13.6 Å². The molecule has 7 nitrogen and oxygen atoms in total. The molecule has 0 spiro atoms. The zero-order chi connectivity index (χ0) is 23.5. The van der Waals surface area contributed by atoms with Crippen molar-refractivity contribution in [2.45, 2.75) is 6.92 Å². The summed E-state index contributed by atoms with van der Waals surface area (Å²) in [5, 5.41) is 0.0932. The normalized spacial score (nSPS) is 10.8. The average molecular weight is 450 g/mol. The number of rotatable bonds is 4. The van der Waals surface area contributed by atoms with Gasteiger partial charge in [-0.15, -0.1) is 0 Å². The standard InChI is InChI=1S/C24H16F2N2O5/c1-2-32-24(31)28-19(12-21(29)17-7-6-16(25)11-20(17)28)14-5-8-22(18(26)10-14)33-23(30)15-4-3-9-27-13-15/h3-13H,2H2,1H3. The molecule has 4 rings (SSSR count). The average Bonchev–Trinajstić information content (AvgIpc) is 2.80. The van der Waals surface area contributed by atoms with Crippen LogP contribution in [-0.2, 0) is 4.74 Å². The van der Waals surface area contributed by atoms with Crippen molar-refractivity contribution in [2.75, 3.05) is 6.61 Å². The summed E-state index contributed by atoms with van der Waals surface area (Å²) in [6.45, 7) is 1.62. The summed E-state index contributed by atoms with van der Waals surface area (Å²) in [6, 6.07) is 11.1. The molecule has 0 aliphatic carbocycles. The van der Waals surface area contributed by atoms with Gasteiger partial charge >= 0.3 is 12.1 Å². The number of hydrogen-bond acceptors (Lipinski definition) is 6. The molecule has 4 aromatic rings. The molecule has 33 heavy (non-hydrogen) atoms. The van der Waals surface area contributed by atoms with E-state index in [-0.39, 0.29) is 40.1 Å². The van der Waals surface area contributed by atoms with Crippen LogP contribution in [0.1, 0.15) is 17.3 Å². The summed E-state index contributed by atoms with van der Waals surface area (Å²) in [5.41, 5.74) is -0.282. The molecule has 0 fully saturated rings. The molecule has 0 saturated heterocycles. The van der Waals surface area contributed by atoms with Crippen molar-refractivity contribution in [3.63, 3.8) is 0 Å². The SMILES string of the molecule is CCOC(=O)n1c(-c2ccc(OC(=O)c3cccnc3)c(F)c2)cc(=O)c2ccc(F)cc21. The number of fused-ring (bicyclic) bond motifs is 1. The van der Waals surface area contributed by atoms with E-state index in [0.717, 1.165) is 28.8 Å². The van der Waals surface area contributed by atoms with E-state index in [9.17, 15) is 23.2 Å². The Kier molecular flexibility index (Phi) is 5.95. The summed E-state index contributed by atoms with van der Waals surface area (Å²) in [7, 11) is 0. The Balaban J connectivity index is 1.81. The molecule has 2 aromatic carbocycles. The molecule has 0 amide bonds. The van der Waals surface area contributed by atoms with Crippen LogP contribution >= 0.6 is 0 Å². The van der Waals surface area contributed by atoms with Gasteiger partial charge in [0.2, 0.25) is 0 Å². The number of carbonyl (C=O) groups excluding carboxylic acids is 2. The van der Waals surface area contributed by atoms with Crippen molar-refractivity contribution in [3.8, 4) is 17.0 Å². The second-order valence-electron chi connectivity index (χ2n) is 6.87. The van der Waals surface area contributed by atoms with E-state index >= 15 is 0 Å². The lowest BCUT2D eigenvalue weighted by molar-refractivity contribution is 0.0727. The molecule has 0 unspecified atom stereocenters. The highest BCUT2D eigenvalue weighted by molar-refractivity contribution is 5.93. The molecule has 0 radical (unpaired) electrons. The number of esters is 1. The smallest absolute Gasteiger partial charge is 0.418 e. The van der Waals surface area contributed by atoms with Gasteiger partial charge in [-0.25, -0.2) is 22.9 Å². The highest BCUT2D eigenvalue weighted by Crippen LogP contribution is 2.28. The van der Waals surface area contributed by atoms with Crippen LogP contribution in [0.15, 0.2) is 71.8 Å². The molecule has 9 heteroatoms. The molecule has 0 bridgehead atoms. The first-order valence-electron chi connectivity index (χ1n) is 9.83. The summed E-state index contributed by atoms with van der Waals surface area (Å²) in [6.07, 6.45) is 1.89. The van der Waals surface area contributed by atoms with Crippen LogP contribution in [-0.4, -0.2) is 28.2 Å². The quantitative estimate of drug-likeness (QED) is 0.335. The first-order chi connectivity index (χ1) is 15.9. The van der Waals surface area contributed by atoms with Crippen molar-refractivity contribution < 1.29 is 27.8 Å². The minimum atomic E-state index is -0.910. The molecule has 166 valence electrons. The van der Waals surface area contributed by atoms with Gasteiger partial charge in [-0.3, -0.25) is 9.78 Å². The number of hydrogen-bond donors (Lipinski definition) is 0. The number of nitrogens with zero attached hydrogens (tertiary/aromatic N) is 2. The second-order valence-corrected chi connectivity index (χ2v) is 6.87. The highest BCUT2D eigenvalue weighted by atomic mass is 19.1. The van der Waals surface area contributed by atoms with Gasteiger partial charge in [0.1, 0.15) is 5.82 Å².